The van der Waals surface area contributed by atoms with Gasteiger partial charge in [-0.05, 0) is 70.0 Å². The van der Waals surface area contributed by atoms with Crippen LogP contribution < -0.4 is 15.4 Å². The molecule has 2 aromatic carbocycles. The predicted octanol–water partition coefficient (Wildman–Crippen LogP) is 2.75. The molecule has 0 fully saturated rings. The van der Waals surface area contributed by atoms with Gasteiger partial charge < -0.3 is 10.6 Å². The summed E-state index contributed by atoms with van der Waals surface area (Å²) in [6.07, 6.45) is 0. The van der Waals surface area contributed by atoms with Gasteiger partial charge in [0.05, 0.1) is 11.4 Å². The second kappa shape index (κ2) is 8.65. The van der Waals surface area contributed by atoms with Gasteiger partial charge in [-0.15, -0.1) is 0 Å². The SMILES string of the molecule is Cc1ccc(C)c(S(=O)(=O)Nc2cccc(C(=O)NCC(=O)NC(C)(C)C)c2)c1. The van der Waals surface area contributed by atoms with Crippen molar-refractivity contribution in [2.24, 2.45) is 0 Å². The van der Waals surface area contributed by atoms with Gasteiger partial charge in [-0.1, -0.05) is 18.2 Å². The van der Waals surface area contributed by atoms with Crippen LogP contribution in [0.25, 0.3) is 0 Å². The van der Waals surface area contributed by atoms with Crippen molar-refractivity contribution in [2.45, 2.75) is 45.1 Å². The Morgan fingerprint density at radius 2 is 1.69 bits per heavy atom. The average molecular weight is 418 g/mol. The maximum atomic E-state index is 12.7. The van der Waals surface area contributed by atoms with Gasteiger partial charge in [-0.25, -0.2) is 8.42 Å². The third-order valence-corrected chi connectivity index (χ3v) is 5.46. The summed E-state index contributed by atoms with van der Waals surface area (Å²) >= 11 is 0. The van der Waals surface area contributed by atoms with Crippen molar-refractivity contribution in [1.29, 1.82) is 0 Å². The zero-order chi connectivity index (χ0) is 21.8. The molecule has 0 atom stereocenters. The molecule has 8 heteroatoms. The number of anilines is 1. The quantitative estimate of drug-likeness (QED) is 0.672. The van der Waals surface area contributed by atoms with Crippen LogP contribution in [0.4, 0.5) is 5.69 Å². The minimum atomic E-state index is -3.80. The van der Waals surface area contributed by atoms with E-state index in [1.165, 1.54) is 6.07 Å². The van der Waals surface area contributed by atoms with Crippen LogP contribution in [0.3, 0.4) is 0 Å². The third-order valence-electron chi connectivity index (χ3n) is 3.93. The normalized spacial score (nSPS) is 11.6. The molecule has 0 aromatic heterocycles. The molecule has 0 aliphatic carbocycles. The van der Waals surface area contributed by atoms with Crippen molar-refractivity contribution in [1.82, 2.24) is 10.6 Å². The molecular formula is C21H27N3O4S. The summed E-state index contributed by atoms with van der Waals surface area (Å²) in [5, 5.41) is 5.28. The maximum Gasteiger partial charge on any atom is 0.262 e. The van der Waals surface area contributed by atoms with Crippen molar-refractivity contribution in [3.8, 4) is 0 Å². The van der Waals surface area contributed by atoms with Gasteiger partial charge in [0.25, 0.3) is 15.9 Å². The second-order valence-corrected chi connectivity index (χ2v) is 9.59. The number of benzene rings is 2. The predicted molar refractivity (Wildman–Crippen MR) is 113 cm³/mol. The number of hydrogen-bond acceptors (Lipinski definition) is 4. The highest BCUT2D eigenvalue weighted by Crippen LogP contribution is 2.21. The molecule has 2 rings (SSSR count). The molecule has 2 aromatic rings. The minimum Gasteiger partial charge on any atom is -0.350 e. The Balaban J connectivity index is 2.12. The first-order chi connectivity index (χ1) is 13.4. The van der Waals surface area contributed by atoms with Crippen molar-refractivity contribution in [2.75, 3.05) is 11.3 Å². The van der Waals surface area contributed by atoms with Gasteiger partial charge >= 0.3 is 0 Å². The molecule has 0 aliphatic rings. The smallest absolute Gasteiger partial charge is 0.262 e. The van der Waals surface area contributed by atoms with Gasteiger partial charge in [0.2, 0.25) is 5.91 Å². The van der Waals surface area contributed by atoms with E-state index in [9.17, 15) is 18.0 Å². The van der Waals surface area contributed by atoms with Crippen LogP contribution in [0.15, 0.2) is 47.4 Å². The molecule has 0 unspecified atom stereocenters. The van der Waals surface area contributed by atoms with Gasteiger partial charge in [-0.2, -0.15) is 0 Å². The first-order valence-electron chi connectivity index (χ1n) is 9.17. The molecule has 0 spiro atoms. The van der Waals surface area contributed by atoms with E-state index in [-0.39, 0.29) is 28.6 Å². The summed E-state index contributed by atoms with van der Waals surface area (Å²) in [5.74, 6) is -0.778. The first kappa shape index (κ1) is 22.4. The summed E-state index contributed by atoms with van der Waals surface area (Å²) in [6.45, 7) is 8.91. The van der Waals surface area contributed by atoms with Gasteiger partial charge in [0.15, 0.2) is 0 Å². The van der Waals surface area contributed by atoms with Crippen LogP contribution in [-0.4, -0.2) is 32.3 Å². The van der Waals surface area contributed by atoms with Crippen LogP contribution in [0.2, 0.25) is 0 Å². The van der Waals surface area contributed by atoms with Crippen LogP contribution in [0.5, 0.6) is 0 Å². The van der Waals surface area contributed by atoms with Gasteiger partial charge in [0, 0.05) is 16.8 Å². The third kappa shape index (κ3) is 6.60. The zero-order valence-electron chi connectivity index (χ0n) is 17.3. The summed E-state index contributed by atoms with van der Waals surface area (Å²) in [6, 6.07) is 11.3. The van der Waals surface area contributed by atoms with E-state index in [4.69, 9.17) is 0 Å². The number of amides is 2. The maximum absolute atomic E-state index is 12.7. The highest BCUT2D eigenvalue weighted by Gasteiger charge is 2.18. The number of nitrogens with one attached hydrogen (secondary N) is 3. The fourth-order valence-electron chi connectivity index (χ4n) is 2.66. The molecule has 0 bridgehead atoms. The zero-order valence-corrected chi connectivity index (χ0v) is 18.1. The van der Waals surface area contributed by atoms with Crippen LogP contribution in [-0.2, 0) is 14.8 Å². The largest absolute Gasteiger partial charge is 0.350 e. The topological polar surface area (TPSA) is 104 Å². The lowest BCUT2D eigenvalue weighted by Gasteiger charge is -2.20. The number of hydrogen-bond donors (Lipinski definition) is 3. The lowest BCUT2D eigenvalue weighted by atomic mass is 10.1. The second-order valence-electron chi connectivity index (χ2n) is 7.94. The van der Waals surface area contributed by atoms with Crippen molar-refractivity contribution >= 4 is 27.5 Å². The van der Waals surface area contributed by atoms with E-state index < -0.39 is 21.5 Å². The Kier molecular flexibility index (Phi) is 6.69. The molecule has 2 amide bonds. The number of aryl methyl sites for hydroxylation is 2. The van der Waals surface area contributed by atoms with Crippen molar-refractivity contribution in [3.63, 3.8) is 0 Å². The molecule has 0 saturated carbocycles. The summed E-state index contributed by atoms with van der Waals surface area (Å²) < 4.78 is 28.0. The molecule has 0 aliphatic heterocycles. The van der Waals surface area contributed by atoms with Crippen molar-refractivity contribution < 1.29 is 18.0 Å². The van der Waals surface area contributed by atoms with E-state index in [0.29, 0.717) is 5.56 Å². The minimum absolute atomic E-state index is 0.172. The number of carbonyl (C=O) groups is 2. The van der Waals surface area contributed by atoms with Gasteiger partial charge in [-0.3, -0.25) is 14.3 Å². The van der Waals surface area contributed by atoms with Crippen LogP contribution in [0.1, 0.15) is 42.3 Å². The molecule has 0 radical (unpaired) electrons. The Hall–Kier alpha value is -2.87. The lowest BCUT2D eigenvalue weighted by Crippen LogP contribution is -2.45. The number of carbonyl (C=O) groups excluding carboxylic acids is 2. The fraction of sp³-hybridized carbons (Fsp3) is 0.333. The summed E-state index contributed by atoms with van der Waals surface area (Å²) in [7, 11) is -3.80. The molecule has 7 nitrogen and oxygen atoms in total. The van der Waals surface area contributed by atoms with Gasteiger partial charge in [0.1, 0.15) is 0 Å². The average Bonchev–Trinajstić information content (AvgIpc) is 2.60. The lowest BCUT2D eigenvalue weighted by molar-refractivity contribution is -0.121. The molecule has 0 saturated heterocycles. The molecule has 0 heterocycles. The van der Waals surface area contributed by atoms with E-state index in [1.807, 2.05) is 33.8 Å². The van der Waals surface area contributed by atoms with E-state index in [1.54, 1.807) is 37.3 Å². The van der Waals surface area contributed by atoms with Crippen molar-refractivity contribution in [3.05, 3.63) is 59.2 Å². The Labute approximate surface area is 172 Å². The van der Waals surface area contributed by atoms with Crippen LogP contribution >= 0.6 is 0 Å². The number of sulfonamides is 1. The molecular weight excluding hydrogens is 390 g/mol. The number of rotatable bonds is 6. The molecule has 156 valence electrons. The standard InChI is InChI=1S/C21H27N3O4S/c1-14-9-10-15(2)18(11-14)29(27,28)24-17-8-6-7-16(12-17)20(26)22-13-19(25)23-21(3,4)5/h6-12,24H,13H2,1-5H3,(H,22,26)(H,23,25). The summed E-state index contributed by atoms with van der Waals surface area (Å²) in [4.78, 5) is 24.4. The monoisotopic (exact) mass is 417 g/mol. The van der Waals surface area contributed by atoms with E-state index in [0.717, 1.165) is 5.56 Å². The van der Waals surface area contributed by atoms with Crippen LogP contribution in [0, 0.1) is 13.8 Å². The summed E-state index contributed by atoms with van der Waals surface area (Å²) in [5.41, 5.74) is 1.57. The fourth-order valence-corrected chi connectivity index (χ4v) is 4.04. The Morgan fingerprint density at radius 1 is 1.00 bits per heavy atom. The Bertz CT molecular complexity index is 1020. The Morgan fingerprint density at radius 3 is 2.34 bits per heavy atom. The molecule has 3 N–H and O–H groups in total. The van der Waals surface area contributed by atoms with E-state index in [2.05, 4.69) is 15.4 Å². The molecule has 29 heavy (non-hydrogen) atoms. The van der Waals surface area contributed by atoms with E-state index >= 15 is 0 Å². The highest BCUT2D eigenvalue weighted by atomic mass is 32.2. The first-order valence-corrected chi connectivity index (χ1v) is 10.6. The highest BCUT2D eigenvalue weighted by molar-refractivity contribution is 7.92.